The highest BCUT2D eigenvalue weighted by Gasteiger charge is 2.24. The standard InChI is InChI=1S/C22H20N2O4S/c1-14-6-8-15(9-7-14)21(25)24(13-16-5-4-12-28-16)22-23-19-17(26-2)10-11-18(27-3)20(19)29-22/h4-12H,13H2,1-3H3. The van der Waals surface area contributed by atoms with Crippen molar-refractivity contribution in [3.8, 4) is 11.5 Å². The van der Waals surface area contributed by atoms with Gasteiger partial charge in [-0.2, -0.15) is 0 Å². The van der Waals surface area contributed by atoms with E-state index in [0.29, 0.717) is 33.5 Å². The van der Waals surface area contributed by atoms with Crippen molar-refractivity contribution in [1.29, 1.82) is 0 Å². The number of carbonyl (C=O) groups excluding carboxylic acids is 1. The monoisotopic (exact) mass is 408 g/mol. The molecule has 0 aliphatic rings. The number of ether oxygens (including phenoxy) is 2. The van der Waals surface area contributed by atoms with Crippen LogP contribution in [-0.4, -0.2) is 25.1 Å². The van der Waals surface area contributed by atoms with Gasteiger partial charge in [0.1, 0.15) is 27.5 Å². The lowest BCUT2D eigenvalue weighted by molar-refractivity contribution is 0.0983. The average Bonchev–Trinajstić information content (AvgIpc) is 3.41. The van der Waals surface area contributed by atoms with E-state index in [1.807, 2.05) is 49.4 Å². The number of aromatic nitrogens is 1. The molecule has 6 nitrogen and oxygen atoms in total. The predicted molar refractivity (Wildman–Crippen MR) is 113 cm³/mol. The van der Waals surface area contributed by atoms with Gasteiger partial charge in [-0.3, -0.25) is 9.69 Å². The number of benzene rings is 2. The number of methoxy groups -OCH3 is 2. The van der Waals surface area contributed by atoms with Crippen molar-refractivity contribution < 1.29 is 18.7 Å². The minimum Gasteiger partial charge on any atom is -0.495 e. The third kappa shape index (κ3) is 3.69. The Morgan fingerprint density at radius 2 is 1.79 bits per heavy atom. The van der Waals surface area contributed by atoms with Crippen LogP contribution in [0.1, 0.15) is 21.7 Å². The number of hydrogen-bond donors (Lipinski definition) is 0. The Morgan fingerprint density at radius 3 is 2.45 bits per heavy atom. The van der Waals surface area contributed by atoms with Crippen molar-refractivity contribution in [3.63, 3.8) is 0 Å². The van der Waals surface area contributed by atoms with E-state index in [4.69, 9.17) is 18.9 Å². The van der Waals surface area contributed by atoms with Gasteiger partial charge < -0.3 is 13.9 Å². The van der Waals surface area contributed by atoms with Gasteiger partial charge >= 0.3 is 0 Å². The van der Waals surface area contributed by atoms with Crippen LogP contribution in [0.15, 0.2) is 59.2 Å². The van der Waals surface area contributed by atoms with Gasteiger partial charge in [0.15, 0.2) is 5.13 Å². The zero-order chi connectivity index (χ0) is 20.4. The van der Waals surface area contributed by atoms with Crippen LogP contribution in [0.5, 0.6) is 11.5 Å². The molecule has 1 amide bonds. The maximum Gasteiger partial charge on any atom is 0.260 e. The van der Waals surface area contributed by atoms with Gasteiger partial charge in [0.05, 0.1) is 27.0 Å². The summed E-state index contributed by atoms with van der Waals surface area (Å²) in [5, 5.41) is 0.546. The van der Waals surface area contributed by atoms with Crippen LogP contribution >= 0.6 is 11.3 Å². The number of anilines is 1. The van der Waals surface area contributed by atoms with E-state index in [2.05, 4.69) is 0 Å². The Labute approximate surface area is 172 Å². The summed E-state index contributed by atoms with van der Waals surface area (Å²) in [4.78, 5) is 19.7. The normalized spacial score (nSPS) is 10.9. The van der Waals surface area contributed by atoms with Crippen LogP contribution < -0.4 is 14.4 Å². The smallest absolute Gasteiger partial charge is 0.260 e. The third-order valence-electron chi connectivity index (χ3n) is 4.57. The largest absolute Gasteiger partial charge is 0.495 e. The lowest BCUT2D eigenvalue weighted by Crippen LogP contribution is -2.30. The van der Waals surface area contributed by atoms with Gasteiger partial charge in [-0.15, -0.1) is 0 Å². The molecule has 0 aliphatic heterocycles. The number of fused-ring (bicyclic) bond motifs is 1. The van der Waals surface area contributed by atoms with Gasteiger partial charge in [-0.1, -0.05) is 29.0 Å². The number of nitrogens with zero attached hydrogens (tertiary/aromatic N) is 2. The van der Waals surface area contributed by atoms with Crippen LogP contribution in [0, 0.1) is 6.92 Å². The fourth-order valence-electron chi connectivity index (χ4n) is 3.03. The van der Waals surface area contributed by atoms with E-state index >= 15 is 0 Å². The first-order chi connectivity index (χ1) is 14.1. The van der Waals surface area contributed by atoms with E-state index in [9.17, 15) is 4.79 Å². The summed E-state index contributed by atoms with van der Waals surface area (Å²) in [6.07, 6.45) is 1.59. The summed E-state index contributed by atoms with van der Waals surface area (Å²) >= 11 is 1.38. The Hall–Kier alpha value is -3.32. The third-order valence-corrected chi connectivity index (χ3v) is 5.66. The summed E-state index contributed by atoms with van der Waals surface area (Å²) in [6, 6.07) is 14.8. The Balaban J connectivity index is 1.82. The van der Waals surface area contributed by atoms with Crippen LogP contribution in [0.25, 0.3) is 10.2 Å². The number of thiazole rings is 1. The zero-order valence-corrected chi connectivity index (χ0v) is 17.2. The molecule has 0 radical (unpaired) electrons. The zero-order valence-electron chi connectivity index (χ0n) is 16.3. The molecule has 0 spiro atoms. The molecule has 7 heteroatoms. The minimum absolute atomic E-state index is 0.154. The van der Waals surface area contributed by atoms with E-state index in [0.717, 1.165) is 10.3 Å². The second kappa shape index (κ2) is 7.97. The maximum absolute atomic E-state index is 13.4. The summed E-state index contributed by atoms with van der Waals surface area (Å²) in [5.74, 6) is 1.83. The molecule has 0 saturated carbocycles. The van der Waals surface area contributed by atoms with Crippen molar-refractivity contribution in [2.24, 2.45) is 0 Å². The summed E-state index contributed by atoms with van der Waals surface area (Å²) in [5.41, 5.74) is 2.34. The molecule has 0 bridgehead atoms. The van der Waals surface area contributed by atoms with Crippen molar-refractivity contribution >= 4 is 32.6 Å². The van der Waals surface area contributed by atoms with Crippen molar-refractivity contribution in [2.45, 2.75) is 13.5 Å². The van der Waals surface area contributed by atoms with Crippen LogP contribution in [-0.2, 0) is 6.54 Å². The SMILES string of the molecule is COc1ccc(OC)c2sc(N(Cc3ccco3)C(=O)c3ccc(C)cc3)nc12. The fraction of sp³-hybridized carbons (Fsp3) is 0.182. The first-order valence-electron chi connectivity index (χ1n) is 9.03. The fourth-order valence-corrected chi connectivity index (χ4v) is 4.10. The quantitative estimate of drug-likeness (QED) is 0.446. The van der Waals surface area contributed by atoms with Crippen molar-refractivity contribution in [2.75, 3.05) is 19.1 Å². The second-order valence-corrected chi connectivity index (χ2v) is 7.46. The van der Waals surface area contributed by atoms with Gasteiger partial charge in [-0.05, 0) is 43.3 Å². The Morgan fingerprint density at radius 1 is 1.07 bits per heavy atom. The molecule has 2 aromatic carbocycles. The predicted octanol–water partition coefficient (Wildman–Crippen LogP) is 5.06. The van der Waals surface area contributed by atoms with Crippen LogP contribution in [0.4, 0.5) is 5.13 Å². The Kier molecular flexibility index (Phi) is 5.22. The van der Waals surface area contributed by atoms with Crippen LogP contribution in [0.2, 0.25) is 0 Å². The van der Waals surface area contributed by atoms with Gasteiger partial charge in [-0.25, -0.2) is 4.98 Å². The van der Waals surface area contributed by atoms with Gasteiger partial charge in [0.25, 0.3) is 5.91 Å². The van der Waals surface area contributed by atoms with Crippen molar-refractivity contribution in [3.05, 3.63) is 71.7 Å². The highest BCUT2D eigenvalue weighted by Crippen LogP contribution is 2.40. The Bertz CT molecular complexity index is 1090. The molecular formula is C22H20N2O4S. The number of aryl methyl sites for hydroxylation is 1. The molecular weight excluding hydrogens is 388 g/mol. The van der Waals surface area contributed by atoms with Gasteiger partial charge in [0.2, 0.25) is 0 Å². The second-order valence-electron chi connectivity index (χ2n) is 6.48. The van der Waals surface area contributed by atoms with Crippen molar-refractivity contribution in [1.82, 2.24) is 4.98 Å². The lowest BCUT2D eigenvalue weighted by Gasteiger charge is -2.19. The highest BCUT2D eigenvalue weighted by molar-refractivity contribution is 7.22. The molecule has 0 atom stereocenters. The van der Waals surface area contributed by atoms with E-state index < -0.39 is 0 Å². The van der Waals surface area contributed by atoms with Crippen LogP contribution in [0.3, 0.4) is 0 Å². The molecule has 29 heavy (non-hydrogen) atoms. The van der Waals surface area contributed by atoms with E-state index in [1.165, 1.54) is 11.3 Å². The maximum atomic E-state index is 13.4. The first-order valence-corrected chi connectivity index (χ1v) is 9.85. The number of amides is 1. The highest BCUT2D eigenvalue weighted by atomic mass is 32.1. The molecule has 0 unspecified atom stereocenters. The molecule has 2 heterocycles. The van der Waals surface area contributed by atoms with E-state index in [-0.39, 0.29) is 12.5 Å². The molecule has 0 fully saturated rings. The molecule has 4 aromatic rings. The molecule has 148 valence electrons. The number of carbonyl (C=O) groups is 1. The molecule has 2 aromatic heterocycles. The summed E-state index contributed by atoms with van der Waals surface area (Å²) in [6.45, 7) is 2.26. The first kappa shape index (κ1) is 19.0. The number of rotatable bonds is 6. The topological polar surface area (TPSA) is 64.8 Å². The number of furan rings is 1. The average molecular weight is 408 g/mol. The summed E-state index contributed by atoms with van der Waals surface area (Å²) < 4.78 is 17.2. The summed E-state index contributed by atoms with van der Waals surface area (Å²) in [7, 11) is 3.21. The molecule has 4 rings (SSSR count). The minimum atomic E-state index is -0.154. The molecule has 0 N–H and O–H groups in total. The molecule has 0 saturated heterocycles. The van der Waals surface area contributed by atoms with E-state index in [1.54, 1.807) is 31.4 Å². The number of hydrogen-bond acceptors (Lipinski definition) is 6. The molecule has 0 aliphatic carbocycles. The lowest BCUT2D eigenvalue weighted by atomic mass is 10.1. The van der Waals surface area contributed by atoms with Gasteiger partial charge in [0, 0.05) is 5.56 Å².